The average molecular weight is 325 g/mol. The van der Waals surface area contributed by atoms with Crippen LogP contribution >= 0.6 is 22.9 Å². The minimum atomic E-state index is -0.515. The Labute approximate surface area is 127 Å². The smallest absolute Gasteiger partial charge is 0.273 e. The van der Waals surface area contributed by atoms with Gasteiger partial charge in [0.2, 0.25) is 5.88 Å². The molecule has 3 aromatic rings. The summed E-state index contributed by atoms with van der Waals surface area (Å²) in [6, 6.07) is 3.98. The molecular formula is C12H9ClN4O3S. The van der Waals surface area contributed by atoms with E-state index in [2.05, 4.69) is 4.98 Å². The minimum Gasteiger partial charge on any atom is -0.435 e. The molecule has 0 bridgehead atoms. The number of nitro groups is 1. The van der Waals surface area contributed by atoms with E-state index in [4.69, 9.17) is 22.1 Å². The third kappa shape index (κ3) is 2.44. The van der Waals surface area contributed by atoms with Crippen LogP contribution in [-0.4, -0.2) is 14.3 Å². The maximum Gasteiger partial charge on any atom is 0.273 e. The third-order valence-corrected chi connectivity index (χ3v) is 3.92. The lowest BCUT2D eigenvalue weighted by Crippen LogP contribution is -2.02. The van der Waals surface area contributed by atoms with Gasteiger partial charge in [-0.05, 0) is 6.07 Å². The highest BCUT2D eigenvalue weighted by Gasteiger charge is 2.17. The second kappa shape index (κ2) is 5.32. The predicted molar refractivity (Wildman–Crippen MR) is 79.1 cm³/mol. The third-order valence-electron chi connectivity index (χ3n) is 2.85. The Balaban J connectivity index is 2.03. The van der Waals surface area contributed by atoms with Crippen molar-refractivity contribution in [3.63, 3.8) is 0 Å². The van der Waals surface area contributed by atoms with Crippen LogP contribution in [0.25, 0.3) is 4.96 Å². The summed E-state index contributed by atoms with van der Waals surface area (Å²) in [5, 5.41) is 13.0. The largest absolute Gasteiger partial charge is 0.435 e. The lowest BCUT2D eigenvalue weighted by Gasteiger charge is -2.06. The van der Waals surface area contributed by atoms with Crippen LogP contribution in [0.1, 0.15) is 5.69 Å². The van der Waals surface area contributed by atoms with Gasteiger partial charge in [0.15, 0.2) is 10.7 Å². The number of nitro benzene ring substituents is 1. The van der Waals surface area contributed by atoms with Crippen molar-refractivity contribution in [2.24, 2.45) is 5.73 Å². The second-order valence-corrected chi connectivity index (χ2v) is 5.38. The van der Waals surface area contributed by atoms with Crippen LogP contribution in [0.4, 0.5) is 5.69 Å². The Bertz CT molecular complexity index is 829. The van der Waals surface area contributed by atoms with Crippen molar-refractivity contribution >= 4 is 33.6 Å². The van der Waals surface area contributed by atoms with Crippen LogP contribution < -0.4 is 10.5 Å². The predicted octanol–water partition coefficient (Wildman–Crippen LogP) is 3.21. The fourth-order valence-electron chi connectivity index (χ4n) is 1.87. The molecule has 7 nitrogen and oxygen atoms in total. The first-order valence-electron chi connectivity index (χ1n) is 5.86. The van der Waals surface area contributed by atoms with Gasteiger partial charge in [-0.2, -0.15) is 4.98 Å². The molecule has 0 amide bonds. The van der Waals surface area contributed by atoms with Crippen molar-refractivity contribution < 1.29 is 9.66 Å². The molecule has 9 heteroatoms. The number of imidazole rings is 1. The van der Waals surface area contributed by atoms with E-state index in [0.717, 1.165) is 4.96 Å². The van der Waals surface area contributed by atoms with Crippen LogP contribution in [-0.2, 0) is 6.54 Å². The molecule has 0 atom stereocenters. The Kier molecular flexibility index (Phi) is 3.50. The molecule has 21 heavy (non-hydrogen) atoms. The van der Waals surface area contributed by atoms with Crippen LogP contribution in [0.15, 0.2) is 29.8 Å². The highest BCUT2D eigenvalue weighted by Crippen LogP contribution is 2.34. The maximum absolute atomic E-state index is 10.8. The number of thiazole rings is 1. The molecule has 0 radical (unpaired) electrons. The monoisotopic (exact) mass is 324 g/mol. The van der Waals surface area contributed by atoms with Gasteiger partial charge < -0.3 is 10.5 Å². The zero-order valence-corrected chi connectivity index (χ0v) is 12.1. The SMILES string of the molecule is NCc1c(Oc2cc([N+](=O)[O-])ccc2Cl)nc2sccn12. The molecule has 3 rings (SSSR count). The van der Waals surface area contributed by atoms with Crippen molar-refractivity contribution in [3.05, 3.63) is 50.6 Å². The van der Waals surface area contributed by atoms with E-state index in [9.17, 15) is 10.1 Å². The van der Waals surface area contributed by atoms with Gasteiger partial charge in [0, 0.05) is 24.2 Å². The van der Waals surface area contributed by atoms with Crippen molar-refractivity contribution in [3.8, 4) is 11.6 Å². The number of aromatic nitrogens is 2. The van der Waals surface area contributed by atoms with Crippen molar-refractivity contribution in [2.45, 2.75) is 6.54 Å². The first-order chi connectivity index (χ1) is 10.1. The number of fused-ring (bicyclic) bond motifs is 1. The normalized spacial score (nSPS) is 11.0. The molecule has 0 saturated carbocycles. The van der Waals surface area contributed by atoms with Gasteiger partial charge in [0.1, 0.15) is 5.69 Å². The molecule has 0 unspecified atom stereocenters. The number of hydrogen-bond donors (Lipinski definition) is 1. The number of non-ortho nitro benzene ring substituents is 1. The number of halogens is 1. The fourth-order valence-corrected chi connectivity index (χ4v) is 2.75. The van der Waals surface area contributed by atoms with Crippen LogP contribution in [0.2, 0.25) is 5.02 Å². The number of hydrogen-bond acceptors (Lipinski definition) is 6. The Morgan fingerprint density at radius 3 is 3.05 bits per heavy atom. The molecule has 2 aromatic heterocycles. The van der Waals surface area contributed by atoms with Gasteiger partial charge in [0.25, 0.3) is 5.69 Å². The second-order valence-electron chi connectivity index (χ2n) is 4.10. The van der Waals surface area contributed by atoms with E-state index in [1.807, 2.05) is 16.0 Å². The summed E-state index contributed by atoms with van der Waals surface area (Å²) in [7, 11) is 0. The number of nitrogens with zero attached hydrogens (tertiary/aromatic N) is 3. The van der Waals surface area contributed by atoms with E-state index in [0.29, 0.717) is 11.6 Å². The number of rotatable bonds is 4. The number of benzene rings is 1. The lowest BCUT2D eigenvalue weighted by atomic mass is 10.3. The maximum atomic E-state index is 10.8. The molecule has 2 heterocycles. The Morgan fingerprint density at radius 2 is 2.33 bits per heavy atom. The highest BCUT2D eigenvalue weighted by atomic mass is 35.5. The van der Waals surface area contributed by atoms with Gasteiger partial charge in [-0.15, -0.1) is 11.3 Å². The molecule has 0 saturated heterocycles. The van der Waals surface area contributed by atoms with E-state index < -0.39 is 4.92 Å². The molecular weight excluding hydrogens is 316 g/mol. The molecule has 0 spiro atoms. The summed E-state index contributed by atoms with van der Waals surface area (Å²) >= 11 is 7.44. The summed E-state index contributed by atoms with van der Waals surface area (Å²) < 4.78 is 7.43. The van der Waals surface area contributed by atoms with E-state index in [1.165, 1.54) is 29.5 Å². The first kappa shape index (κ1) is 13.8. The zero-order valence-electron chi connectivity index (χ0n) is 10.5. The Morgan fingerprint density at radius 1 is 1.52 bits per heavy atom. The van der Waals surface area contributed by atoms with Crippen LogP contribution in [0.5, 0.6) is 11.6 Å². The molecule has 1 aromatic carbocycles. The summed E-state index contributed by atoms with van der Waals surface area (Å²) in [6.07, 6.45) is 1.83. The number of nitrogens with two attached hydrogens (primary N) is 1. The summed E-state index contributed by atoms with van der Waals surface area (Å²) in [5.74, 6) is 0.470. The molecule has 0 aliphatic carbocycles. The summed E-state index contributed by atoms with van der Waals surface area (Å²) in [6.45, 7) is 0.222. The molecule has 2 N–H and O–H groups in total. The topological polar surface area (TPSA) is 95.7 Å². The minimum absolute atomic E-state index is 0.107. The molecule has 0 aliphatic heterocycles. The zero-order chi connectivity index (χ0) is 15.0. The van der Waals surface area contributed by atoms with E-state index in [-0.39, 0.29) is 23.0 Å². The fraction of sp³-hybridized carbons (Fsp3) is 0.0833. The van der Waals surface area contributed by atoms with Gasteiger partial charge in [-0.1, -0.05) is 11.6 Å². The standard InChI is InChI=1S/C12H9ClN4O3S/c13-8-2-1-7(17(18)19)5-10(8)20-11-9(6-14)16-3-4-21-12(16)15-11/h1-5H,6,14H2. The van der Waals surface area contributed by atoms with Crippen molar-refractivity contribution in [1.82, 2.24) is 9.38 Å². The van der Waals surface area contributed by atoms with Gasteiger partial charge in [0.05, 0.1) is 16.0 Å². The molecule has 0 aliphatic rings. The quantitative estimate of drug-likeness (QED) is 0.587. The Hall–Kier alpha value is -2.16. The lowest BCUT2D eigenvalue weighted by molar-refractivity contribution is -0.384. The number of ether oxygens (including phenoxy) is 1. The van der Waals surface area contributed by atoms with E-state index in [1.54, 1.807) is 0 Å². The highest BCUT2D eigenvalue weighted by molar-refractivity contribution is 7.15. The van der Waals surface area contributed by atoms with Crippen molar-refractivity contribution in [1.29, 1.82) is 0 Å². The van der Waals surface area contributed by atoms with Crippen molar-refractivity contribution in [2.75, 3.05) is 0 Å². The van der Waals surface area contributed by atoms with Crippen LogP contribution in [0, 0.1) is 10.1 Å². The summed E-state index contributed by atoms with van der Waals surface area (Å²) in [5.41, 5.74) is 6.28. The van der Waals surface area contributed by atoms with Crippen LogP contribution in [0.3, 0.4) is 0 Å². The van der Waals surface area contributed by atoms with E-state index >= 15 is 0 Å². The van der Waals surface area contributed by atoms with Gasteiger partial charge in [-0.3, -0.25) is 14.5 Å². The summed E-state index contributed by atoms with van der Waals surface area (Å²) in [4.78, 5) is 15.3. The molecule has 108 valence electrons. The van der Waals surface area contributed by atoms with Gasteiger partial charge >= 0.3 is 0 Å². The van der Waals surface area contributed by atoms with Gasteiger partial charge in [-0.25, -0.2) is 0 Å². The average Bonchev–Trinajstić information content (AvgIpc) is 3.01. The molecule has 0 fully saturated rings. The first-order valence-corrected chi connectivity index (χ1v) is 7.12.